The van der Waals surface area contributed by atoms with E-state index in [1.54, 1.807) is 24.3 Å². The Balaban J connectivity index is 1.76. The van der Waals surface area contributed by atoms with Crippen LogP contribution in [0.15, 0.2) is 36.7 Å². The van der Waals surface area contributed by atoms with Gasteiger partial charge in [0.15, 0.2) is 0 Å². The van der Waals surface area contributed by atoms with Gasteiger partial charge in [-0.2, -0.15) is 0 Å². The standard InChI is InChI=1S/C17H19FN4O/c18-13-7-3-4-8-14(13)21-16-11-15(19-12-20-16)17(23)22-9-5-1-2-6-10-22/h3-4,7-8,11-12H,1-2,5-6,9-10H2,(H,19,20,21). The van der Waals surface area contributed by atoms with Gasteiger partial charge in [-0.15, -0.1) is 0 Å². The molecular formula is C17H19FN4O. The number of benzene rings is 1. The van der Waals surface area contributed by atoms with Gasteiger partial charge in [-0.05, 0) is 25.0 Å². The fourth-order valence-corrected chi connectivity index (χ4v) is 2.68. The predicted molar refractivity (Wildman–Crippen MR) is 86.1 cm³/mol. The maximum Gasteiger partial charge on any atom is 0.272 e. The fourth-order valence-electron chi connectivity index (χ4n) is 2.68. The van der Waals surface area contributed by atoms with Crippen molar-refractivity contribution in [1.82, 2.24) is 14.9 Å². The van der Waals surface area contributed by atoms with Gasteiger partial charge in [0.25, 0.3) is 5.91 Å². The highest BCUT2D eigenvalue weighted by atomic mass is 19.1. The minimum Gasteiger partial charge on any atom is -0.338 e. The van der Waals surface area contributed by atoms with E-state index in [2.05, 4.69) is 15.3 Å². The summed E-state index contributed by atoms with van der Waals surface area (Å²) in [6.45, 7) is 1.53. The summed E-state index contributed by atoms with van der Waals surface area (Å²) in [5.41, 5.74) is 0.653. The lowest BCUT2D eigenvalue weighted by Gasteiger charge is -2.19. The van der Waals surface area contributed by atoms with Gasteiger partial charge >= 0.3 is 0 Å². The van der Waals surface area contributed by atoms with Gasteiger partial charge in [0.1, 0.15) is 23.7 Å². The number of aromatic nitrogens is 2. The summed E-state index contributed by atoms with van der Waals surface area (Å²) in [7, 11) is 0. The third-order valence-electron chi connectivity index (χ3n) is 3.92. The Hall–Kier alpha value is -2.50. The quantitative estimate of drug-likeness (QED) is 0.943. The lowest BCUT2D eigenvalue weighted by Crippen LogP contribution is -2.32. The van der Waals surface area contributed by atoms with Crippen molar-refractivity contribution in [2.45, 2.75) is 25.7 Å². The number of carbonyl (C=O) groups excluding carboxylic acids is 1. The number of halogens is 1. The van der Waals surface area contributed by atoms with Crippen molar-refractivity contribution in [3.05, 3.63) is 48.2 Å². The summed E-state index contributed by atoms with van der Waals surface area (Å²) in [6, 6.07) is 7.91. The van der Waals surface area contributed by atoms with Crippen molar-refractivity contribution in [1.29, 1.82) is 0 Å². The normalized spacial score (nSPS) is 15.1. The fraction of sp³-hybridized carbons (Fsp3) is 0.353. The van der Waals surface area contributed by atoms with E-state index in [1.165, 1.54) is 12.4 Å². The number of hydrogen-bond acceptors (Lipinski definition) is 4. The minimum absolute atomic E-state index is 0.0918. The summed E-state index contributed by atoms with van der Waals surface area (Å²) >= 11 is 0. The molecule has 5 nitrogen and oxygen atoms in total. The number of nitrogens with one attached hydrogen (secondary N) is 1. The van der Waals surface area contributed by atoms with Crippen LogP contribution in [0.2, 0.25) is 0 Å². The molecule has 0 unspecified atom stereocenters. The second-order valence-electron chi connectivity index (χ2n) is 5.60. The SMILES string of the molecule is O=C(c1cc(Nc2ccccc2F)ncn1)N1CCCCCC1. The van der Waals surface area contributed by atoms with Crippen LogP contribution in [0.5, 0.6) is 0 Å². The molecule has 23 heavy (non-hydrogen) atoms. The molecule has 3 rings (SSSR count). The van der Waals surface area contributed by atoms with Crippen molar-refractivity contribution in [3.8, 4) is 0 Å². The van der Waals surface area contributed by atoms with Gasteiger partial charge in [-0.1, -0.05) is 25.0 Å². The van der Waals surface area contributed by atoms with Crippen LogP contribution in [0.4, 0.5) is 15.9 Å². The number of para-hydroxylation sites is 1. The predicted octanol–water partition coefficient (Wildman–Crippen LogP) is 3.38. The van der Waals surface area contributed by atoms with Crippen LogP contribution < -0.4 is 5.32 Å². The van der Waals surface area contributed by atoms with E-state index in [4.69, 9.17) is 0 Å². The smallest absolute Gasteiger partial charge is 0.272 e. The van der Waals surface area contributed by atoms with Crippen molar-refractivity contribution in [3.63, 3.8) is 0 Å². The molecule has 1 amide bonds. The summed E-state index contributed by atoms with van der Waals surface area (Å²) in [5, 5.41) is 2.89. The molecule has 1 saturated heterocycles. The molecule has 2 heterocycles. The van der Waals surface area contributed by atoms with Crippen molar-refractivity contribution >= 4 is 17.4 Å². The monoisotopic (exact) mass is 314 g/mol. The summed E-state index contributed by atoms with van der Waals surface area (Å²) in [5.74, 6) is -0.0549. The van der Waals surface area contributed by atoms with Crippen LogP contribution in [0.25, 0.3) is 0 Å². The first kappa shape index (κ1) is 15.4. The van der Waals surface area contributed by atoms with E-state index in [0.717, 1.165) is 38.8 Å². The topological polar surface area (TPSA) is 58.1 Å². The molecule has 0 aliphatic carbocycles. The lowest BCUT2D eigenvalue weighted by atomic mass is 10.2. The van der Waals surface area contributed by atoms with E-state index >= 15 is 0 Å². The van der Waals surface area contributed by atoms with Gasteiger partial charge in [0.05, 0.1) is 5.69 Å². The molecular weight excluding hydrogens is 295 g/mol. The number of nitrogens with zero attached hydrogens (tertiary/aromatic N) is 3. The number of hydrogen-bond donors (Lipinski definition) is 1. The van der Waals surface area contributed by atoms with Crippen molar-refractivity contribution in [2.75, 3.05) is 18.4 Å². The second kappa shape index (κ2) is 7.17. The average Bonchev–Trinajstić information content (AvgIpc) is 2.86. The summed E-state index contributed by atoms with van der Waals surface area (Å²) in [4.78, 5) is 22.5. The second-order valence-corrected chi connectivity index (χ2v) is 5.60. The molecule has 1 aliphatic rings. The van der Waals surface area contributed by atoms with Gasteiger partial charge in [0.2, 0.25) is 0 Å². The molecule has 0 spiro atoms. The first-order chi connectivity index (χ1) is 11.2. The molecule has 1 aromatic heterocycles. The van der Waals surface area contributed by atoms with Crippen molar-refractivity contribution in [2.24, 2.45) is 0 Å². The number of anilines is 2. The van der Waals surface area contributed by atoms with Crippen LogP contribution in [0.3, 0.4) is 0 Å². The summed E-state index contributed by atoms with van der Waals surface area (Å²) in [6.07, 6.45) is 5.70. The Bertz CT molecular complexity index is 684. The summed E-state index contributed by atoms with van der Waals surface area (Å²) < 4.78 is 13.7. The van der Waals surface area contributed by atoms with Crippen LogP contribution in [0, 0.1) is 5.82 Å². The van der Waals surface area contributed by atoms with Gasteiger partial charge in [-0.3, -0.25) is 4.79 Å². The zero-order valence-corrected chi connectivity index (χ0v) is 12.8. The first-order valence-corrected chi connectivity index (χ1v) is 7.87. The Morgan fingerprint density at radius 1 is 1.09 bits per heavy atom. The highest BCUT2D eigenvalue weighted by molar-refractivity contribution is 5.93. The van der Waals surface area contributed by atoms with Crippen LogP contribution >= 0.6 is 0 Å². The maximum atomic E-state index is 13.7. The molecule has 1 N–H and O–H groups in total. The molecule has 0 saturated carbocycles. The van der Waals surface area contributed by atoms with Gasteiger partial charge < -0.3 is 10.2 Å². The van der Waals surface area contributed by atoms with E-state index in [1.807, 2.05) is 4.90 Å². The number of carbonyl (C=O) groups is 1. The molecule has 6 heteroatoms. The molecule has 1 fully saturated rings. The number of rotatable bonds is 3. The number of amides is 1. The van der Waals surface area contributed by atoms with E-state index in [0.29, 0.717) is 17.2 Å². The average molecular weight is 314 g/mol. The van der Waals surface area contributed by atoms with E-state index < -0.39 is 0 Å². The molecule has 1 aromatic carbocycles. The Kier molecular flexibility index (Phi) is 4.80. The maximum absolute atomic E-state index is 13.7. The van der Waals surface area contributed by atoms with Crippen LogP contribution in [-0.2, 0) is 0 Å². The van der Waals surface area contributed by atoms with Gasteiger partial charge in [-0.25, -0.2) is 14.4 Å². The molecule has 1 aliphatic heterocycles. The Morgan fingerprint density at radius 3 is 2.57 bits per heavy atom. The Morgan fingerprint density at radius 2 is 1.83 bits per heavy atom. The zero-order valence-electron chi connectivity index (χ0n) is 12.8. The van der Waals surface area contributed by atoms with Crippen LogP contribution in [-0.4, -0.2) is 33.9 Å². The minimum atomic E-state index is -0.369. The highest BCUT2D eigenvalue weighted by Gasteiger charge is 2.19. The van der Waals surface area contributed by atoms with Crippen molar-refractivity contribution < 1.29 is 9.18 Å². The zero-order chi connectivity index (χ0) is 16.1. The molecule has 2 aromatic rings. The molecule has 0 radical (unpaired) electrons. The first-order valence-electron chi connectivity index (χ1n) is 7.87. The molecule has 0 bridgehead atoms. The van der Waals surface area contributed by atoms with Crippen LogP contribution in [0.1, 0.15) is 36.2 Å². The van der Waals surface area contributed by atoms with Gasteiger partial charge in [0, 0.05) is 19.2 Å². The highest BCUT2D eigenvalue weighted by Crippen LogP contribution is 2.19. The third-order valence-corrected chi connectivity index (χ3v) is 3.92. The number of likely N-dealkylation sites (tertiary alicyclic amines) is 1. The van der Waals surface area contributed by atoms with E-state index in [-0.39, 0.29) is 11.7 Å². The Labute approximate surface area is 134 Å². The van der Waals surface area contributed by atoms with E-state index in [9.17, 15) is 9.18 Å². The molecule has 120 valence electrons. The largest absolute Gasteiger partial charge is 0.338 e. The third kappa shape index (κ3) is 3.83. The molecule has 0 atom stereocenters. The lowest BCUT2D eigenvalue weighted by molar-refractivity contribution is 0.0755.